The Bertz CT molecular complexity index is 961. The summed E-state index contributed by atoms with van der Waals surface area (Å²) in [6.45, 7) is 4.40. The highest BCUT2D eigenvalue weighted by molar-refractivity contribution is 5.92. The van der Waals surface area contributed by atoms with Crippen molar-refractivity contribution in [2.75, 3.05) is 31.1 Å². The van der Waals surface area contributed by atoms with Gasteiger partial charge in [-0.2, -0.15) is 0 Å². The third kappa shape index (κ3) is 4.12. The normalized spacial score (nSPS) is 16.9. The molecule has 3 heterocycles. The van der Waals surface area contributed by atoms with Crippen LogP contribution in [0.4, 0.5) is 5.69 Å². The molecule has 1 N–H and O–H groups in total. The van der Waals surface area contributed by atoms with Crippen LogP contribution in [-0.4, -0.2) is 48.2 Å². The predicted octanol–water partition coefficient (Wildman–Crippen LogP) is 2.50. The largest absolute Gasteiger partial charge is 0.365 e. The molecule has 0 spiro atoms. The number of ether oxygens (including phenoxy) is 1. The maximum atomic E-state index is 12.6. The second kappa shape index (κ2) is 8.35. The summed E-state index contributed by atoms with van der Waals surface area (Å²) in [6.07, 6.45) is 3.83. The van der Waals surface area contributed by atoms with E-state index in [0.29, 0.717) is 19.7 Å². The van der Waals surface area contributed by atoms with Gasteiger partial charge in [0.25, 0.3) is 5.91 Å². The highest BCUT2D eigenvalue weighted by Gasteiger charge is 2.27. The van der Waals surface area contributed by atoms with Crippen molar-refractivity contribution >= 4 is 22.5 Å². The Balaban J connectivity index is 1.42. The van der Waals surface area contributed by atoms with E-state index in [-0.39, 0.29) is 5.91 Å². The molecule has 0 aliphatic carbocycles. The molecule has 1 aromatic carbocycles. The number of fused-ring (bicyclic) bond motifs is 1. The summed E-state index contributed by atoms with van der Waals surface area (Å²) in [7, 11) is 0. The standard InChI is InChI=1S/C22H24N4O2/c1-16-14-20(18-4-2-3-5-19(18)25-16)26-12-13-28-21(15-26)22(27)24-11-8-17-6-9-23-10-7-17/h2-7,9-10,14,21H,8,11-13,15H2,1H3,(H,24,27)/t21-/m1/s1. The molecular weight excluding hydrogens is 352 g/mol. The lowest BCUT2D eigenvalue weighted by molar-refractivity contribution is -0.133. The minimum absolute atomic E-state index is 0.0613. The first-order chi connectivity index (χ1) is 13.7. The molecule has 2 aromatic heterocycles. The van der Waals surface area contributed by atoms with Gasteiger partial charge >= 0.3 is 0 Å². The molecule has 3 aromatic rings. The molecule has 1 saturated heterocycles. The Hall–Kier alpha value is -2.99. The number of hydrogen-bond acceptors (Lipinski definition) is 5. The van der Waals surface area contributed by atoms with E-state index in [1.807, 2.05) is 37.3 Å². The smallest absolute Gasteiger partial charge is 0.250 e. The summed E-state index contributed by atoms with van der Waals surface area (Å²) in [4.78, 5) is 23.5. The van der Waals surface area contributed by atoms with Crippen LogP contribution in [0.1, 0.15) is 11.3 Å². The minimum atomic E-state index is -0.474. The molecule has 144 valence electrons. The number of morpholine rings is 1. The number of amides is 1. The monoisotopic (exact) mass is 376 g/mol. The van der Waals surface area contributed by atoms with Gasteiger partial charge in [-0.1, -0.05) is 18.2 Å². The number of aromatic nitrogens is 2. The summed E-state index contributed by atoms with van der Waals surface area (Å²) in [5.41, 5.74) is 4.21. The van der Waals surface area contributed by atoms with Crippen molar-refractivity contribution in [1.29, 1.82) is 0 Å². The Labute approximate surface area is 164 Å². The summed E-state index contributed by atoms with van der Waals surface area (Å²) in [6, 6.07) is 14.1. The first-order valence-corrected chi connectivity index (χ1v) is 9.60. The molecule has 28 heavy (non-hydrogen) atoms. The molecule has 6 nitrogen and oxygen atoms in total. The van der Waals surface area contributed by atoms with Gasteiger partial charge in [-0.25, -0.2) is 0 Å². The van der Waals surface area contributed by atoms with E-state index in [1.54, 1.807) is 12.4 Å². The number of para-hydroxylation sites is 1. The average molecular weight is 376 g/mol. The van der Waals surface area contributed by atoms with Gasteiger partial charge < -0.3 is 15.0 Å². The van der Waals surface area contributed by atoms with Gasteiger partial charge in [-0.3, -0.25) is 14.8 Å². The van der Waals surface area contributed by atoms with Crippen LogP contribution in [-0.2, 0) is 16.0 Å². The first kappa shape index (κ1) is 18.4. The van der Waals surface area contributed by atoms with Gasteiger partial charge in [-0.15, -0.1) is 0 Å². The van der Waals surface area contributed by atoms with Gasteiger partial charge in [0.2, 0.25) is 0 Å². The van der Waals surface area contributed by atoms with Crippen LogP contribution < -0.4 is 10.2 Å². The van der Waals surface area contributed by atoms with E-state index in [0.717, 1.165) is 40.8 Å². The predicted molar refractivity (Wildman–Crippen MR) is 109 cm³/mol. The topological polar surface area (TPSA) is 67.3 Å². The Morgan fingerprint density at radius 2 is 2.07 bits per heavy atom. The van der Waals surface area contributed by atoms with Crippen LogP contribution in [0.15, 0.2) is 54.9 Å². The quantitative estimate of drug-likeness (QED) is 0.741. The Morgan fingerprint density at radius 1 is 1.25 bits per heavy atom. The molecular formula is C22H24N4O2. The zero-order chi connectivity index (χ0) is 19.3. The van der Waals surface area contributed by atoms with Gasteiger partial charge in [0.15, 0.2) is 6.10 Å². The molecule has 0 saturated carbocycles. The molecule has 0 radical (unpaired) electrons. The van der Waals surface area contributed by atoms with Crippen molar-refractivity contribution in [2.24, 2.45) is 0 Å². The summed E-state index contributed by atoms with van der Waals surface area (Å²) >= 11 is 0. The molecule has 1 aliphatic rings. The third-order valence-electron chi connectivity index (χ3n) is 4.98. The second-order valence-corrected chi connectivity index (χ2v) is 7.00. The van der Waals surface area contributed by atoms with Crippen LogP contribution >= 0.6 is 0 Å². The fraction of sp³-hybridized carbons (Fsp3) is 0.318. The van der Waals surface area contributed by atoms with Crippen LogP contribution in [0, 0.1) is 6.92 Å². The van der Waals surface area contributed by atoms with Crippen molar-refractivity contribution in [1.82, 2.24) is 15.3 Å². The van der Waals surface area contributed by atoms with E-state index >= 15 is 0 Å². The Morgan fingerprint density at radius 3 is 2.93 bits per heavy atom. The number of hydrogen-bond donors (Lipinski definition) is 1. The van der Waals surface area contributed by atoms with Crippen molar-refractivity contribution < 1.29 is 9.53 Å². The van der Waals surface area contributed by atoms with E-state index in [1.165, 1.54) is 0 Å². The van der Waals surface area contributed by atoms with Crippen LogP contribution in [0.25, 0.3) is 10.9 Å². The maximum Gasteiger partial charge on any atom is 0.250 e. The number of nitrogens with one attached hydrogen (secondary N) is 1. The summed E-state index contributed by atoms with van der Waals surface area (Å²) in [5, 5.41) is 4.10. The highest BCUT2D eigenvalue weighted by Crippen LogP contribution is 2.28. The molecule has 0 bridgehead atoms. The van der Waals surface area contributed by atoms with Crippen molar-refractivity contribution in [3.05, 3.63) is 66.1 Å². The van der Waals surface area contributed by atoms with E-state index in [9.17, 15) is 4.79 Å². The Kier molecular flexibility index (Phi) is 5.48. The first-order valence-electron chi connectivity index (χ1n) is 9.60. The molecule has 1 aliphatic heterocycles. The zero-order valence-electron chi connectivity index (χ0n) is 16.0. The lowest BCUT2D eigenvalue weighted by Crippen LogP contribution is -2.50. The fourth-order valence-electron chi connectivity index (χ4n) is 3.57. The second-order valence-electron chi connectivity index (χ2n) is 7.00. The number of pyridine rings is 2. The van der Waals surface area contributed by atoms with E-state index in [4.69, 9.17) is 4.74 Å². The number of benzene rings is 1. The molecule has 6 heteroatoms. The molecule has 0 unspecified atom stereocenters. The number of nitrogens with zero attached hydrogens (tertiary/aromatic N) is 3. The van der Waals surface area contributed by atoms with Crippen LogP contribution in [0.5, 0.6) is 0 Å². The van der Waals surface area contributed by atoms with E-state index in [2.05, 4.69) is 32.3 Å². The van der Waals surface area contributed by atoms with Gasteiger partial charge in [-0.05, 0) is 43.2 Å². The van der Waals surface area contributed by atoms with Gasteiger partial charge in [0, 0.05) is 42.3 Å². The summed E-state index contributed by atoms with van der Waals surface area (Å²) in [5.74, 6) is -0.0613. The lowest BCUT2D eigenvalue weighted by Gasteiger charge is -2.34. The molecule has 1 fully saturated rings. The fourth-order valence-corrected chi connectivity index (χ4v) is 3.57. The average Bonchev–Trinajstić information content (AvgIpc) is 2.74. The zero-order valence-corrected chi connectivity index (χ0v) is 16.0. The van der Waals surface area contributed by atoms with Crippen molar-refractivity contribution in [3.63, 3.8) is 0 Å². The number of anilines is 1. The third-order valence-corrected chi connectivity index (χ3v) is 4.98. The number of rotatable bonds is 5. The molecule has 1 amide bonds. The minimum Gasteiger partial charge on any atom is -0.365 e. The SMILES string of the molecule is Cc1cc(N2CCO[C@@H](C(=O)NCCc3ccncc3)C2)c2ccccc2n1. The number of aryl methyl sites for hydroxylation is 1. The van der Waals surface area contributed by atoms with Crippen molar-refractivity contribution in [3.8, 4) is 0 Å². The number of carbonyl (C=O) groups is 1. The van der Waals surface area contributed by atoms with Gasteiger partial charge in [0.05, 0.1) is 18.7 Å². The van der Waals surface area contributed by atoms with Gasteiger partial charge in [0.1, 0.15) is 0 Å². The van der Waals surface area contributed by atoms with Crippen LogP contribution in [0.3, 0.4) is 0 Å². The number of carbonyl (C=O) groups excluding carboxylic acids is 1. The van der Waals surface area contributed by atoms with E-state index < -0.39 is 6.10 Å². The maximum absolute atomic E-state index is 12.6. The van der Waals surface area contributed by atoms with Crippen LogP contribution in [0.2, 0.25) is 0 Å². The summed E-state index contributed by atoms with van der Waals surface area (Å²) < 4.78 is 5.76. The molecule has 4 rings (SSSR count). The molecule has 1 atom stereocenters. The highest BCUT2D eigenvalue weighted by atomic mass is 16.5. The van der Waals surface area contributed by atoms with Crippen molar-refractivity contribution in [2.45, 2.75) is 19.4 Å². The lowest BCUT2D eigenvalue weighted by atomic mass is 10.1.